The number of rotatable bonds is 8. The monoisotopic (exact) mass is 378 g/mol. The molecule has 1 unspecified atom stereocenters. The van der Waals surface area contributed by atoms with Crippen LogP contribution in [0.3, 0.4) is 0 Å². The minimum absolute atomic E-state index is 0.772. The number of benzene rings is 1. The number of hydrogen-bond acceptors (Lipinski definition) is 1. The molecule has 0 aliphatic heterocycles. The van der Waals surface area contributed by atoms with Crippen molar-refractivity contribution in [3.8, 4) is 0 Å². The SMILES string of the molecule is CCSCCCC(CBr)Cc1ccc(Br)cc1. The van der Waals surface area contributed by atoms with E-state index in [2.05, 4.69) is 63.0 Å². The third kappa shape index (κ3) is 6.88. The normalized spacial score (nSPS) is 12.6. The first-order valence-corrected chi connectivity index (χ1v) is 9.21. The van der Waals surface area contributed by atoms with Gasteiger partial charge in [-0.3, -0.25) is 0 Å². The zero-order valence-electron chi connectivity index (χ0n) is 10.3. The Balaban J connectivity index is 2.33. The van der Waals surface area contributed by atoms with E-state index in [1.807, 2.05) is 11.8 Å². The zero-order chi connectivity index (χ0) is 12.5. The highest BCUT2D eigenvalue weighted by atomic mass is 79.9. The van der Waals surface area contributed by atoms with Crippen molar-refractivity contribution in [2.24, 2.45) is 5.92 Å². The Labute approximate surface area is 126 Å². The summed E-state index contributed by atoms with van der Waals surface area (Å²) in [6.07, 6.45) is 3.86. The first kappa shape index (κ1) is 15.6. The van der Waals surface area contributed by atoms with Crippen LogP contribution in [0.2, 0.25) is 0 Å². The molecule has 0 radical (unpaired) electrons. The van der Waals surface area contributed by atoms with Gasteiger partial charge in [0.05, 0.1) is 0 Å². The predicted octanol–water partition coefficient (Wildman–Crippen LogP) is 5.54. The summed E-state index contributed by atoms with van der Waals surface area (Å²) in [4.78, 5) is 0. The quantitative estimate of drug-likeness (QED) is 0.422. The van der Waals surface area contributed by atoms with Gasteiger partial charge in [-0.05, 0) is 54.4 Å². The maximum absolute atomic E-state index is 3.64. The Morgan fingerprint density at radius 1 is 1.24 bits per heavy atom. The molecule has 0 spiro atoms. The first-order chi connectivity index (χ1) is 8.26. The second kappa shape index (κ2) is 9.46. The molecular formula is C14H20Br2S. The Bertz CT molecular complexity index is 298. The van der Waals surface area contributed by atoms with Crippen molar-refractivity contribution < 1.29 is 0 Å². The lowest BCUT2D eigenvalue weighted by Crippen LogP contribution is -2.06. The lowest BCUT2D eigenvalue weighted by atomic mass is 9.97. The van der Waals surface area contributed by atoms with Crippen LogP contribution < -0.4 is 0 Å². The van der Waals surface area contributed by atoms with Crippen LogP contribution >= 0.6 is 43.6 Å². The van der Waals surface area contributed by atoms with Gasteiger partial charge < -0.3 is 0 Å². The van der Waals surface area contributed by atoms with Gasteiger partial charge >= 0.3 is 0 Å². The molecule has 0 aliphatic carbocycles. The van der Waals surface area contributed by atoms with Crippen LogP contribution in [0.4, 0.5) is 0 Å². The lowest BCUT2D eigenvalue weighted by Gasteiger charge is -2.13. The van der Waals surface area contributed by atoms with Crippen LogP contribution in [0.15, 0.2) is 28.7 Å². The van der Waals surface area contributed by atoms with Gasteiger partial charge in [-0.2, -0.15) is 11.8 Å². The summed E-state index contributed by atoms with van der Waals surface area (Å²) in [6.45, 7) is 2.23. The Hall–Kier alpha value is 0.530. The molecular weight excluding hydrogens is 360 g/mol. The van der Waals surface area contributed by atoms with Gasteiger partial charge in [-0.15, -0.1) is 0 Å². The molecule has 0 amide bonds. The number of alkyl halides is 1. The fourth-order valence-electron chi connectivity index (χ4n) is 1.81. The van der Waals surface area contributed by atoms with Crippen molar-refractivity contribution in [2.75, 3.05) is 16.8 Å². The van der Waals surface area contributed by atoms with Crippen LogP contribution in [-0.4, -0.2) is 16.8 Å². The fourth-order valence-corrected chi connectivity index (χ4v) is 3.28. The summed E-state index contributed by atoms with van der Waals surface area (Å²) in [6, 6.07) is 8.71. The summed E-state index contributed by atoms with van der Waals surface area (Å²) in [7, 11) is 0. The molecule has 0 bridgehead atoms. The molecule has 96 valence electrons. The van der Waals surface area contributed by atoms with Gasteiger partial charge in [0, 0.05) is 9.80 Å². The third-order valence-electron chi connectivity index (χ3n) is 2.76. The Morgan fingerprint density at radius 3 is 2.53 bits per heavy atom. The summed E-state index contributed by atoms with van der Waals surface area (Å²) in [5.74, 6) is 3.32. The van der Waals surface area contributed by atoms with Gasteiger partial charge in [0.15, 0.2) is 0 Å². The van der Waals surface area contributed by atoms with E-state index in [0.29, 0.717) is 0 Å². The van der Waals surface area contributed by atoms with E-state index in [1.165, 1.54) is 36.3 Å². The molecule has 0 saturated carbocycles. The molecule has 0 N–H and O–H groups in total. The number of hydrogen-bond donors (Lipinski definition) is 0. The fraction of sp³-hybridized carbons (Fsp3) is 0.571. The molecule has 3 heteroatoms. The smallest absolute Gasteiger partial charge is 0.0175 e. The van der Waals surface area contributed by atoms with Gasteiger partial charge in [-0.25, -0.2) is 0 Å². The standard InChI is InChI=1S/C14H20Br2S/c1-2-17-9-3-4-13(11-15)10-12-5-7-14(16)8-6-12/h5-8,13H,2-4,9-11H2,1H3. The minimum atomic E-state index is 0.772. The van der Waals surface area contributed by atoms with Gasteiger partial charge in [0.25, 0.3) is 0 Å². The van der Waals surface area contributed by atoms with E-state index in [-0.39, 0.29) is 0 Å². The maximum atomic E-state index is 3.64. The molecule has 0 heterocycles. The topological polar surface area (TPSA) is 0 Å². The van der Waals surface area contributed by atoms with Crippen LogP contribution in [0.1, 0.15) is 25.3 Å². The number of halogens is 2. The second-order valence-corrected chi connectivity index (χ2v) is 7.15. The summed E-state index contributed by atoms with van der Waals surface area (Å²) in [5.41, 5.74) is 1.45. The average Bonchev–Trinajstić information content (AvgIpc) is 2.35. The van der Waals surface area contributed by atoms with Crippen LogP contribution in [0.25, 0.3) is 0 Å². The molecule has 1 rings (SSSR count). The van der Waals surface area contributed by atoms with Crippen LogP contribution in [-0.2, 0) is 6.42 Å². The largest absolute Gasteiger partial charge is 0.162 e. The summed E-state index contributed by atoms with van der Waals surface area (Å²) >= 11 is 9.16. The highest BCUT2D eigenvalue weighted by Gasteiger charge is 2.08. The first-order valence-electron chi connectivity index (χ1n) is 6.14. The van der Waals surface area contributed by atoms with Crippen molar-refractivity contribution in [3.05, 3.63) is 34.3 Å². The van der Waals surface area contributed by atoms with Gasteiger partial charge in [0.2, 0.25) is 0 Å². The lowest BCUT2D eigenvalue weighted by molar-refractivity contribution is 0.536. The van der Waals surface area contributed by atoms with Crippen molar-refractivity contribution in [1.29, 1.82) is 0 Å². The highest BCUT2D eigenvalue weighted by Crippen LogP contribution is 2.19. The van der Waals surface area contributed by atoms with E-state index in [4.69, 9.17) is 0 Å². The Kier molecular flexibility index (Phi) is 8.67. The Morgan fingerprint density at radius 2 is 1.94 bits per heavy atom. The minimum Gasteiger partial charge on any atom is -0.162 e. The zero-order valence-corrected chi connectivity index (χ0v) is 14.3. The van der Waals surface area contributed by atoms with E-state index in [1.54, 1.807) is 0 Å². The molecule has 1 atom stereocenters. The predicted molar refractivity (Wildman–Crippen MR) is 87.4 cm³/mol. The maximum Gasteiger partial charge on any atom is 0.0175 e. The highest BCUT2D eigenvalue weighted by molar-refractivity contribution is 9.10. The van der Waals surface area contributed by atoms with Crippen molar-refractivity contribution >= 4 is 43.6 Å². The van der Waals surface area contributed by atoms with E-state index >= 15 is 0 Å². The van der Waals surface area contributed by atoms with Crippen molar-refractivity contribution in [3.63, 3.8) is 0 Å². The molecule has 17 heavy (non-hydrogen) atoms. The summed E-state index contributed by atoms with van der Waals surface area (Å²) in [5, 5.41) is 1.11. The van der Waals surface area contributed by atoms with E-state index in [0.717, 1.165) is 15.7 Å². The molecule has 1 aromatic rings. The molecule has 0 nitrogen and oxygen atoms in total. The molecule has 1 aromatic carbocycles. The van der Waals surface area contributed by atoms with Crippen LogP contribution in [0.5, 0.6) is 0 Å². The van der Waals surface area contributed by atoms with Crippen molar-refractivity contribution in [1.82, 2.24) is 0 Å². The average molecular weight is 380 g/mol. The molecule has 0 aromatic heterocycles. The molecule has 0 saturated heterocycles. The van der Waals surface area contributed by atoms with Crippen molar-refractivity contribution in [2.45, 2.75) is 26.2 Å². The number of thioether (sulfide) groups is 1. The second-order valence-electron chi connectivity index (χ2n) is 4.19. The molecule has 0 aliphatic rings. The summed E-state index contributed by atoms with van der Waals surface area (Å²) < 4.78 is 1.16. The van der Waals surface area contributed by atoms with E-state index in [9.17, 15) is 0 Å². The van der Waals surface area contributed by atoms with E-state index < -0.39 is 0 Å². The van der Waals surface area contributed by atoms with Gasteiger partial charge in [-0.1, -0.05) is 50.9 Å². The third-order valence-corrected chi connectivity index (χ3v) is 5.19. The van der Waals surface area contributed by atoms with Gasteiger partial charge in [0.1, 0.15) is 0 Å². The van der Waals surface area contributed by atoms with Crippen LogP contribution in [0, 0.1) is 5.92 Å². The molecule has 0 fully saturated rings.